The summed E-state index contributed by atoms with van der Waals surface area (Å²) in [4.78, 5) is 36.0. The van der Waals surface area contributed by atoms with Gasteiger partial charge in [0.2, 0.25) is 0 Å². The first-order valence-electron chi connectivity index (χ1n) is 17.3. The number of Topliss-reactive ketones (excluding diaryl/α,β-unsaturated/α-hetero) is 1. The normalized spacial score (nSPS) is 12.2. The van der Waals surface area contributed by atoms with Gasteiger partial charge in [-0.05, 0) is 43.0 Å². The summed E-state index contributed by atoms with van der Waals surface area (Å²) in [5.74, 6) is 0.800. The Hall–Kier alpha value is -2.15. The fraction of sp³-hybridized carbons (Fsp3) is 0.227. The van der Waals surface area contributed by atoms with Crippen LogP contribution in [0.5, 0.6) is 0 Å². The van der Waals surface area contributed by atoms with Crippen LogP contribution < -0.4 is 56.8 Å². The molecule has 2 radical (unpaired) electrons. The molecule has 6 aromatic rings. The number of hydrogen-bond acceptors (Lipinski definition) is 5. The van der Waals surface area contributed by atoms with Crippen LogP contribution in [0.2, 0.25) is 0 Å². The molecule has 1 fully saturated rings. The summed E-state index contributed by atoms with van der Waals surface area (Å²) in [7, 11) is 8.50. The summed E-state index contributed by atoms with van der Waals surface area (Å²) in [5, 5.41) is 11.9. The van der Waals surface area contributed by atoms with E-state index in [0.29, 0.717) is 18.4 Å². The minimum absolute atomic E-state index is 0. The van der Waals surface area contributed by atoms with E-state index in [1.165, 1.54) is 0 Å². The maximum atomic E-state index is 12.1. The number of carbonyl (C=O) groups is 2. The van der Waals surface area contributed by atoms with E-state index in [2.05, 4.69) is 44.2 Å². The van der Waals surface area contributed by atoms with E-state index in [9.17, 15) is 19.5 Å². The van der Waals surface area contributed by atoms with Crippen LogP contribution in [0.15, 0.2) is 144 Å². The summed E-state index contributed by atoms with van der Waals surface area (Å²) in [6.45, 7) is 9.67. The molecule has 1 aromatic heterocycles. The standard InChI is InChI=1S/C13H16O2.C13H8OS.C13H10O.C4H10.CH4P.BH2P.K/c14-12(11-7-3-1-4-8-11)13(15)9-5-2-6-10-13;14-13-9-5-1-3-7-11(9)15-12-8-4-2-6-10(12)13;14-13(11-7-3-1-4-8-11)12-9-5-2-6-10-12;1-4(2)3;2*1-2;/h1,3-4,7-8,15H,2,5-6,9-10H2;1-8H;1-10H;4H,1-3H3;1-2H2;2H2;/q;;;;-1;;+1. The molecule has 1 saturated carbocycles. The van der Waals surface area contributed by atoms with E-state index in [1.54, 1.807) is 23.5 Å². The van der Waals surface area contributed by atoms with Gasteiger partial charge in [0.05, 0.1) is 7.57 Å². The van der Waals surface area contributed by atoms with Gasteiger partial charge in [0.1, 0.15) is 5.60 Å². The van der Waals surface area contributed by atoms with Crippen LogP contribution in [0.3, 0.4) is 0 Å². The molecule has 0 saturated heterocycles. The second-order valence-electron chi connectivity index (χ2n) is 12.5. The molecule has 270 valence electrons. The Kier molecular flexibility index (Phi) is 25.3. The van der Waals surface area contributed by atoms with Gasteiger partial charge in [-0.25, -0.2) is 0 Å². The zero-order valence-electron chi connectivity index (χ0n) is 31.4. The number of carbonyl (C=O) groups excluding carboxylic acids is 2. The zero-order valence-corrected chi connectivity index (χ0v) is 37.7. The molecule has 7 rings (SSSR count). The molecule has 1 heterocycles. The van der Waals surface area contributed by atoms with Gasteiger partial charge in [0, 0.05) is 36.9 Å². The van der Waals surface area contributed by atoms with Gasteiger partial charge in [-0.1, -0.05) is 155 Å². The molecule has 0 aliphatic heterocycles. The van der Waals surface area contributed by atoms with Gasteiger partial charge in [-0.15, -0.1) is 11.3 Å². The fourth-order valence-corrected chi connectivity index (χ4v) is 6.39. The quantitative estimate of drug-likeness (QED) is 0.0644. The third kappa shape index (κ3) is 16.2. The molecule has 4 nitrogen and oxygen atoms in total. The molecule has 5 aromatic carbocycles. The Balaban J connectivity index is 0.000000359. The van der Waals surface area contributed by atoms with Crippen molar-refractivity contribution in [2.75, 3.05) is 0 Å². The van der Waals surface area contributed by atoms with Gasteiger partial charge in [-0.2, -0.15) is 9.12 Å². The van der Waals surface area contributed by atoms with Gasteiger partial charge >= 0.3 is 51.4 Å². The molecular formula is C44H50BKO4P2S. The topological polar surface area (TPSA) is 71.4 Å². The summed E-state index contributed by atoms with van der Waals surface area (Å²) >= 11 is 1.67. The van der Waals surface area contributed by atoms with Crippen LogP contribution in [0.1, 0.15) is 79.2 Å². The maximum Gasteiger partial charge on any atom is 1.00 e. The van der Waals surface area contributed by atoms with Crippen LogP contribution in [-0.4, -0.2) is 29.8 Å². The van der Waals surface area contributed by atoms with E-state index < -0.39 is 5.60 Å². The van der Waals surface area contributed by atoms with Gasteiger partial charge < -0.3 is 21.0 Å². The van der Waals surface area contributed by atoms with E-state index in [4.69, 9.17) is 0 Å². The van der Waals surface area contributed by atoms with E-state index in [1.807, 2.05) is 137 Å². The third-order valence-electron chi connectivity index (χ3n) is 7.69. The summed E-state index contributed by atoms with van der Waals surface area (Å²) in [6, 6.07) is 43.2. The molecule has 2 unspecified atom stereocenters. The first-order chi connectivity index (χ1) is 25.2. The number of fused-ring (bicyclic) bond motifs is 2. The number of aliphatic hydroxyl groups is 1. The van der Waals surface area contributed by atoms with E-state index in [0.717, 1.165) is 56.5 Å². The number of hydrogen-bond donors (Lipinski definition) is 1. The van der Waals surface area contributed by atoms with Crippen molar-refractivity contribution in [1.29, 1.82) is 0 Å². The van der Waals surface area contributed by atoms with Crippen LogP contribution in [0, 0.1) is 12.6 Å². The molecule has 53 heavy (non-hydrogen) atoms. The SMILES string of the molecule is CC(C)C.O=C(c1ccccc1)C1(O)CCCCC1.O=C(c1ccccc1)c1ccccc1.O=c1c2ccccc2sc2ccccc12.[B]P.[CH2-]P.[K+]. The molecular weight excluding hydrogens is 736 g/mol. The average molecular weight is 787 g/mol. The molecule has 1 aliphatic rings. The number of ketones is 2. The molecule has 1 N–H and O–H groups in total. The molecule has 0 spiro atoms. The summed E-state index contributed by atoms with van der Waals surface area (Å²) in [5.41, 5.74) is 1.14. The Labute approximate surface area is 368 Å². The minimum atomic E-state index is -1.10. The van der Waals surface area contributed by atoms with Crippen molar-refractivity contribution in [2.24, 2.45) is 5.92 Å². The van der Waals surface area contributed by atoms with Gasteiger partial charge in [0.25, 0.3) is 0 Å². The van der Waals surface area contributed by atoms with Crippen LogP contribution >= 0.6 is 29.7 Å². The van der Waals surface area contributed by atoms with E-state index >= 15 is 0 Å². The van der Waals surface area contributed by atoms with Crippen molar-refractivity contribution in [3.63, 3.8) is 0 Å². The van der Waals surface area contributed by atoms with Crippen molar-refractivity contribution < 1.29 is 66.1 Å². The van der Waals surface area contributed by atoms with Crippen molar-refractivity contribution >= 4 is 69.0 Å². The molecule has 0 bridgehead atoms. The van der Waals surface area contributed by atoms with Crippen molar-refractivity contribution in [3.05, 3.63) is 173 Å². The Morgan fingerprint density at radius 1 is 0.623 bits per heavy atom. The largest absolute Gasteiger partial charge is 1.00 e. The summed E-state index contributed by atoms with van der Waals surface area (Å²) in [6.07, 6.45) is 4.26. The predicted octanol–water partition coefficient (Wildman–Crippen LogP) is 8.16. The first-order valence-corrected chi connectivity index (χ1v) is 19.6. The Morgan fingerprint density at radius 2 is 0.943 bits per heavy atom. The van der Waals surface area contributed by atoms with Gasteiger partial charge in [-0.3, -0.25) is 14.4 Å². The third-order valence-corrected chi connectivity index (χ3v) is 8.85. The molecule has 0 amide bonds. The van der Waals surface area contributed by atoms with Crippen molar-refractivity contribution in [1.82, 2.24) is 0 Å². The van der Waals surface area contributed by atoms with Gasteiger partial charge in [0.15, 0.2) is 17.0 Å². The Bertz CT molecular complexity index is 1870. The Morgan fingerprint density at radius 3 is 1.32 bits per heavy atom. The van der Waals surface area contributed by atoms with Crippen molar-refractivity contribution in [3.8, 4) is 0 Å². The fourth-order valence-electron chi connectivity index (χ4n) is 5.32. The van der Waals surface area contributed by atoms with Crippen LogP contribution in [-0.2, 0) is 0 Å². The van der Waals surface area contributed by atoms with Crippen LogP contribution in [0.25, 0.3) is 20.2 Å². The molecule has 1 aliphatic carbocycles. The predicted molar refractivity (Wildman–Crippen MR) is 232 cm³/mol. The maximum absolute atomic E-state index is 12.1. The first kappa shape index (κ1) is 48.9. The van der Waals surface area contributed by atoms with Crippen LogP contribution in [0.4, 0.5) is 0 Å². The van der Waals surface area contributed by atoms with E-state index in [-0.39, 0.29) is 68.4 Å². The molecule has 9 heteroatoms. The monoisotopic (exact) mass is 786 g/mol. The second kappa shape index (κ2) is 27.4. The zero-order chi connectivity index (χ0) is 38.4. The number of benzene rings is 5. The van der Waals surface area contributed by atoms with Crippen molar-refractivity contribution in [2.45, 2.75) is 58.5 Å². The number of rotatable bonds is 4. The molecule has 2 atom stereocenters. The summed E-state index contributed by atoms with van der Waals surface area (Å²) < 4.78 is 2.11. The minimum Gasteiger partial charge on any atom is -0.382 e. The average Bonchev–Trinajstić information content (AvgIpc) is 3.20. The smallest absolute Gasteiger partial charge is 0.382 e. The second-order valence-corrected chi connectivity index (χ2v) is 13.6.